The van der Waals surface area contributed by atoms with Gasteiger partial charge in [-0.2, -0.15) is 5.10 Å². The predicted molar refractivity (Wildman–Crippen MR) is 113 cm³/mol. The summed E-state index contributed by atoms with van der Waals surface area (Å²) >= 11 is 0. The first-order valence-corrected chi connectivity index (χ1v) is 10.6. The minimum atomic E-state index is 0.191. The van der Waals surface area contributed by atoms with Gasteiger partial charge in [-0.1, -0.05) is 26.0 Å². The lowest BCUT2D eigenvalue weighted by molar-refractivity contribution is -0.131. The monoisotopic (exact) mass is 394 g/mol. The van der Waals surface area contributed by atoms with Gasteiger partial charge in [0.2, 0.25) is 5.91 Å². The smallest absolute Gasteiger partial charge is 0.227 e. The SMILES string of the molecule is Cc1nn(CC(C)C)c(C)c1CC(=O)N1CCC(c2nc3ccccc3o2)CC1. The number of nitrogens with zero attached hydrogens (tertiary/aromatic N) is 4. The van der Waals surface area contributed by atoms with Crippen LogP contribution in [-0.4, -0.2) is 38.7 Å². The van der Waals surface area contributed by atoms with Crippen molar-refractivity contribution >= 4 is 17.0 Å². The molecule has 0 aliphatic carbocycles. The molecule has 0 atom stereocenters. The fourth-order valence-electron chi connectivity index (χ4n) is 4.22. The van der Waals surface area contributed by atoms with E-state index in [1.165, 1.54) is 0 Å². The number of rotatable bonds is 5. The molecule has 1 aromatic carbocycles. The van der Waals surface area contributed by atoms with Crippen LogP contribution in [-0.2, 0) is 17.8 Å². The lowest BCUT2D eigenvalue weighted by Crippen LogP contribution is -2.39. The van der Waals surface area contributed by atoms with E-state index in [0.29, 0.717) is 12.3 Å². The summed E-state index contributed by atoms with van der Waals surface area (Å²) in [5, 5.41) is 4.65. The van der Waals surface area contributed by atoms with Gasteiger partial charge in [-0.15, -0.1) is 0 Å². The fourth-order valence-corrected chi connectivity index (χ4v) is 4.22. The second-order valence-corrected chi connectivity index (χ2v) is 8.58. The Kier molecular flexibility index (Phi) is 5.43. The molecular weight excluding hydrogens is 364 g/mol. The van der Waals surface area contributed by atoms with Crippen LogP contribution >= 0.6 is 0 Å². The highest BCUT2D eigenvalue weighted by molar-refractivity contribution is 5.79. The van der Waals surface area contributed by atoms with Crippen LogP contribution in [0, 0.1) is 19.8 Å². The van der Waals surface area contributed by atoms with E-state index in [2.05, 4.69) is 30.9 Å². The average molecular weight is 395 g/mol. The fraction of sp³-hybridized carbons (Fsp3) is 0.522. The number of amides is 1. The molecule has 3 aromatic rings. The number of aromatic nitrogens is 3. The van der Waals surface area contributed by atoms with Crippen molar-refractivity contribution in [3.05, 3.63) is 47.1 Å². The van der Waals surface area contributed by atoms with Crippen molar-refractivity contribution in [3.8, 4) is 0 Å². The minimum Gasteiger partial charge on any atom is -0.440 e. The standard InChI is InChI=1S/C23H30N4O2/c1-15(2)14-27-17(4)19(16(3)25-27)13-22(28)26-11-9-18(10-12-26)23-24-20-7-5-6-8-21(20)29-23/h5-8,15,18H,9-14H2,1-4H3. The van der Waals surface area contributed by atoms with Crippen molar-refractivity contribution in [1.29, 1.82) is 0 Å². The van der Waals surface area contributed by atoms with E-state index in [4.69, 9.17) is 4.42 Å². The van der Waals surface area contributed by atoms with Crippen LogP contribution in [0.25, 0.3) is 11.1 Å². The molecular formula is C23H30N4O2. The van der Waals surface area contributed by atoms with Gasteiger partial charge < -0.3 is 9.32 Å². The normalized spacial score (nSPS) is 15.6. The van der Waals surface area contributed by atoms with Crippen LogP contribution in [0.5, 0.6) is 0 Å². The molecule has 154 valence electrons. The zero-order chi connectivity index (χ0) is 20.5. The number of fused-ring (bicyclic) bond motifs is 1. The van der Waals surface area contributed by atoms with Crippen LogP contribution in [0.3, 0.4) is 0 Å². The molecule has 0 bridgehead atoms. The molecule has 29 heavy (non-hydrogen) atoms. The van der Waals surface area contributed by atoms with E-state index in [1.54, 1.807) is 0 Å². The quantitative estimate of drug-likeness (QED) is 0.649. The predicted octanol–water partition coefficient (Wildman–Crippen LogP) is 4.25. The Morgan fingerprint density at radius 3 is 2.62 bits per heavy atom. The Morgan fingerprint density at radius 2 is 1.93 bits per heavy atom. The Hall–Kier alpha value is -2.63. The van der Waals surface area contributed by atoms with Crippen LogP contribution < -0.4 is 0 Å². The average Bonchev–Trinajstić information content (AvgIpc) is 3.24. The number of piperidine rings is 1. The van der Waals surface area contributed by atoms with E-state index in [1.807, 2.05) is 40.8 Å². The number of carbonyl (C=O) groups is 1. The summed E-state index contributed by atoms with van der Waals surface area (Å²) in [6, 6.07) is 7.87. The maximum atomic E-state index is 12.9. The van der Waals surface area contributed by atoms with Crippen molar-refractivity contribution in [2.75, 3.05) is 13.1 Å². The second kappa shape index (κ2) is 8.01. The molecule has 0 radical (unpaired) electrons. The number of hydrogen-bond donors (Lipinski definition) is 0. The van der Waals surface area contributed by atoms with Crippen molar-refractivity contribution in [2.24, 2.45) is 5.92 Å². The van der Waals surface area contributed by atoms with Gasteiger partial charge in [0.1, 0.15) is 5.52 Å². The number of carbonyl (C=O) groups excluding carboxylic acids is 1. The van der Waals surface area contributed by atoms with Gasteiger partial charge in [0.25, 0.3) is 0 Å². The van der Waals surface area contributed by atoms with E-state index < -0.39 is 0 Å². The molecule has 2 aromatic heterocycles. The molecule has 0 N–H and O–H groups in total. The summed E-state index contributed by atoms with van der Waals surface area (Å²) in [6.45, 7) is 10.8. The summed E-state index contributed by atoms with van der Waals surface area (Å²) in [5.74, 6) is 1.81. The highest BCUT2D eigenvalue weighted by Crippen LogP contribution is 2.30. The van der Waals surface area contributed by atoms with Gasteiger partial charge in [-0.05, 0) is 44.7 Å². The second-order valence-electron chi connectivity index (χ2n) is 8.58. The van der Waals surface area contributed by atoms with Gasteiger partial charge in [-0.25, -0.2) is 4.98 Å². The van der Waals surface area contributed by atoms with Gasteiger partial charge in [0, 0.05) is 36.8 Å². The largest absolute Gasteiger partial charge is 0.440 e. The summed E-state index contributed by atoms with van der Waals surface area (Å²) in [5.41, 5.74) is 4.91. The van der Waals surface area contributed by atoms with Gasteiger partial charge in [-0.3, -0.25) is 9.48 Å². The number of hydrogen-bond acceptors (Lipinski definition) is 4. The minimum absolute atomic E-state index is 0.191. The lowest BCUT2D eigenvalue weighted by Gasteiger charge is -2.30. The highest BCUT2D eigenvalue weighted by Gasteiger charge is 2.28. The number of benzene rings is 1. The van der Waals surface area contributed by atoms with E-state index in [0.717, 1.165) is 66.4 Å². The number of para-hydroxylation sites is 2. The van der Waals surface area contributed by atoms with Gasteiger partial charge in [0.05, 0.1) is 12.1 Å². The molecule has 1 fully saturated rings. The third-order valence-electron chi connectivity index (χ3n) is 5.90. The zero-order valence-corrected chi connectivity index (χ0v) is 17.8. The van der Waals surface area contributed by atoms with Crippen LogP contribution in [0.4, 0.5) is 0 Å². The molecule has 1 saturated heterocycles. The first-order valence-electron chi connectivity index (χ1n) is 10.6. The van der Waals surface area contributed by atoms with Crippen molar-refractivity contribution < 1.29 is 9.21 Å². The Bertz CT molecular complexity index is 976. The molecule has 0 saturated carbocycles. The van der Waals surface area contributed by atoms with Crippen molar-refractivity contribution in [2.45, 2.75) is 59.4 Å². The number of aryl methyl sites for hydroxylation is 1. The van der Waals surface area contributed by atoms with Gasteiger partial charge >= 0.3 is 0 Å². The number of oxazole rings is 1. The Balaban J connectivity index is 1.38. The maximum absolute atomic E-state index is 12.9. The Labute approximate surface area is 171 Å². The van der Waals surface area contributed by atoms with Crippen molar-refractivity contribution in [1.82, 2.24) is 19.7 Å². The lowest BCUT2D eigenvalue weighted by atomic mass is 9.96. The third kappa shape index (κ3) is 4.07. The molecule has 1 aliphatic heterocycles. The molecule has 4 rings (SSSR count). The number of likely N-dealkylation sites (tertiary alicyclic amines) is 1. The molecule has 6 heteroatoms. The van der Waals surface area contributed by atoms with Crippen molar-refractivity contribution in [3.63, 3.8) is 0 Å². The molecule has 0 unspecified atom stereocenters. The van der Waals surface area contributed by atoms with E-state index in [9.17, 15) is 4.79 Å². The zero-order valence-electron chi connectivity index (χ0n) is 17.8. The topological polar surface area (TPSA) is 64.2 Å². The molecule has 3 heterocycles. The summed E-state index contributed by atoms with van der Waals surface area (Å²) in [4.78, 5) is 19.6. The maximum Gasteiger partial charge on any atom is 0.227 e. The van der Waals surface area contributed by atoms with Crippen LogP contribution in [0.15, 0.2) is 28.7 Å². The van der Waals surface area contributed by atoms with Crippen LogP contribution in [0.2, 0.25) is 0 Å². The summed E-state index contributed by atoms with van der Waals surface area (Å²) < 4.78 is 7.98. The molecule has 6 nitrogen and oxygen atoms in total. The van der Waals surface area contributed by atoms with E-state index in [-0.39, 0.29) is 11.8 Å². The third-order valence-corrected chi connectivity index (χ3v) is 5.90. The summed E-state index contributed by atoms with van der Waals surface area (Å²) in [6.07, 6.45) is 2.22. The summed E-state index contributed by atoms with van der Waals surface area (Å²) in [7, 11) is 0. The Morgan fingerprint density at radius 1 is 1.21 bits per heavy atom. The van der Waals surface area contributed by atoms with Gasteiger partial charge in [0.15, 0.2) is 11.5 Å². The molecule has 1 amide bonds. The van der Waals surface area contributed by atoms with E-state index >= 15 is 0 Å². The molecule has 1 aliphatic rings. The first kappa shape index (κ1) is 19.7. The molecule has 0 spiro atoms. The highest BCUT2D eigenvalue weighted by atomic mass is 16.3. The first-order chi connectivity index (χ1) is 13.9. The van der Waals surface area contributed by atoms with Crippen LogP contribution in [0.1, 0.15) is 55.4 Å².